The van der Waals surface area contributed by atoms with Crippen molar-refractivity contribution in [2.75, 3.05) is 5.32 Å². The van der Waals surface area contributed by atoms with Gasteiger partial charge in [0.2, 0.25) is 0 Å². The first-order chi connectivity index (χ1) is 11.6. The zero-order chi connectivity index (χ0) is 17.1. The van der Waals surface area contributed by atoms with E-state index in [0.717, 1.165) is 47.1 Å². The van der Waals surface area contributed by atoms with Crippen LogP contribution in [0.15, 0.2) is 42.6 Å². The van der Waals surface area contributed by atoms with Gasteiger partial charge in [0.25, 0.3) is 5.91 Å². The molecule has 3 rings (SSSR count). The lowest BCUT2D eigenvalue weighted by Gasteiger charge is -2.11. The van der Waals surface area contributed by atoms with E-state index < -0.39 is 0 Å². The first kappa shape index (κ1) is 16.2. The summed E-state index contributed by atoms with van der Waals surface area (Å²) >= 11 is 0. The third-order valence-electron chi connectivity index (χ3n) is 4.33. The number of amides is 1. The van der Waals surface area contributed by atoms with Crippen LogP contribution in [-0.4, -0.2) is 15.5 Å². The number of anilines is 1. The Morgan fingerprint density at radius 2 is 1.96 bits per heavy atom. The van der Waals surface area contributed by atoms with Crippen molar-refractivity contribution in [3.05, 3.63) is 59.4 Å². The van der Waals surface area contributed by atoms with Crippen LogP contribution in [0.1, 0.15) is 41.4 Å². The molecule has 0 radical (unpaired) electrons. The Bertz CT molecular complexity index is 862. The molecule has 4 heteroatoms. The maximum atomic E-state index is 12.9. The number of benzene rings is 1. The molecule has 1 aromatic carbocycles. The summed E-state index contributed by atoms with van der Waals surface area (Å²) in [6.45, 7) is 7.00. The molecule has 1 amide bonds. The molecule has 0 bridgehead atoms. The second-order valence-electron chi connectivity index (χ2n) is 6.17. The van der Waals surface area contributed by atoms with Crippen LogP contribution in [-0.2, 0) is 6.54 Å². The average molecular weight is 321 g/mol. The summed E-state index contributed by atoms with van der Waals surface area (Å²) in [6, 6.07) is 12.0. The van der Waals surface area contributed by atoms with E-state index >= 15 is 0 Å². The van der Waals surface area contributed by atoms with Gasteiger partial charge in [-0.1, -0.05) is 37.6 Å². The van der Waals surface area contributed by atoms with Gasteiger partial charge in [0.05, 0.1) is 0 Å². The highest BCUT2D eigenvalue weighted by Gasteiger charge is 2.20. The molecule has 0 fully saturated rings. The Balaban J connectivity index is 2.01. The molecule has 0 spiro atoms. The van der Waals surface area contributed by atoms with Gasteiger partial charge < -0.3 is 9.88 Å². The van der Waals surface area contributed by atoms with Crippen molar-refractivity contribution in [1.29, 1.82) is 0 Å². The van der Waals surface area contributed by atoms with Gasteiger partial charge in [-0.2, -0.15) is 0 Å². The fourth-order valence-electron chi connectivity index (χ4n) is 3.04. The van der Waals surface area contributed by atoms with Gasteiger partial charge in [-0.05, 0) is 43.5 Å². The number of hydrogen-bond acceptors (Lipinski definition) is 2. The van der Waals surface area contributed by atoms with Crippen LogP contribution in [0.5, 0.6) is 0 Å². The van der Waals surface area contributed by atoms with Gasteiger partial charge >= 0.3 is 0 Å². The quantitative estimate of drug-likeness (QED) is 0.740. The Morgan fingerprint density at radius 1 is 1.17 bits per heavy atom. The minimum atomic E-state index is -0.101. The van der Waals surface area contributed by atoms with Crippen molar-refractivity contribution in [3.8, 4) is 0 Å². The summed E-state index contributed by atoms with van der Waals surface area (Å²) in [5.74, 6) is 0.480. The molecule has 0 saturated carbocycles. The maximum Gasteiger partial charge on any atom is 0.273 e. The number of hydrogen-bond donors (Lipinski definition) is 1. The highest BCUT2D eigenvalue weighted by Crippen LogP contribution is 2.26. The number of fused-ring (bicyclic) bond motifs is 1. The van der Waals surface area contributed by atoms with Gasteiger partial charge in [0.15, 0.2) is 0 Å². The largest absolute Gasteiger partial charge is 0.336 e. The fraction of sp³-hybridized carbons (Fsp3) is 0.300. The lowest BCUT2D eigenvalue weighted by Crippen LogP contribution is -2.19. The molecule has 0 unspecified atom stereocenters. The summed E-state index contributed by atoms with van der Waals surface area (Å²) in [4.78, 5) is 17.2. The number of carbonyl (C=O) groups is 1. The second kappa shape index (κ2) is 6.87. The van der Waals surface area contributed by atoms with Gasteiger partial charge in [-0.25, -0.2) is 4.98 Å². The lowest BCUT2D eigenvalue weighted by atomic mass is 10.1. The van der Waals surface area contributed by atoms with Crippen LogP contribution in [0.2, 0.25) is 0 Å². The molecule has 24 heavy (non-hydrogen) atoms. The molecule has 0 aliphatic rings. The number of para-hydroxylation sites is 1. The third-order valence-corrected chi connectivity index (χ3v) is 4.33. The van der Waals surface area contributed by atoms with Gasteiger partial charge in [-0.3, -0.25) is 4.79 Å². The predicted molar refractivity (Wildman–Crippen MR) is 98.5 cm³/mol. The Kier molecular flexibility index (Phi) is 4.65. The van der Waals surface area contributed by atoms with Gasteiger partial charge in [-0.15, -0.1) is 0 Å². The molecule has 2 aromatic heterocycles. The molecule has 0 saturated heterocycles. The van der Waals surface area contributed by atoms with Gasteiger partial charge in [0, 0.05) is 23.6 Å². The van der Waals surface area contributed by atoms with Crippen molar-refractivity contribution < 1.29 is 4.79 Å². The number of nitrogens with zero attached hydrogens (tertiary/aromatic N) is 2. The molecule has 124 valence electrons. The smallest absolute Gasteiger partial charge is 0.273 e. The van der Waals surface area contributed by atoms with E-state index in [1.165, 1.54) is 0 Å². The van der Waals surface area contributed by atoms with Crippen LogP contribution < -0.4 is 5.32 Å². The Morgan fingerprint density at radius 3 is 2.67 bits per heavy atom. The number of pyridine rings is 1. The second-order valence-corrected chi connectivity index (χ2v) is 6.17. The summed E-state index contributed by atoms with van der Waals surface area (Å²) in [5, 5.41) is 4.07. The highest BCUT2D eigenvalue weighted by atomic mass is 16.2. The first-order valence-corrected chi connectivity index (χ1v) is 8.43. The number of rotatable bonds is 5. The van der Waals surface area contributed by atoms with E-state index in [4.69, 9.17) is 0 Å². The zero-order valence-electron chi connectivity index (χ0n) is 14.5. The SMILES string of the molecule is CCCCn1c(C(=O)Nc2ccc(C)cn2)c(C)c2ccccc21. The highest BCUT2D eigenvalue weighted by molar-refractivity contribution is 6.08. The van der Waals surface area contributed by atoms with Crippen molar-refractivity contribution >= 4 is 22.6 Å². The predicted octanol–water partition coefficient (Wildman–Crippen LogP) is 4.71. The Hall–Kier alpha value is -2.62. The van der Waals surface area contributed by atoms with Crippen molar-refractivity contribution in [3.63, 3.8) is 0 Å². The van der Waals surface area contributed by atoms with E-state index in [0.29, 0.717) is 5.82 Å². The molecule has 0 atom stereocenters. The van der Waals surface area contributed by atoms with Crippen LogP contribution in [0.4, 0.5) is 5.82 Å². The van der Waals surface area contributed by atoms with Crippen LogP contribution in [0.25, 0.3) is 10.9 Å². The normalized spacial score (nSPS) is 11.0. The third kappa shape index (κ3) is 3.04. The van der Waals surface area contributed by atoms with Crippen LogP contribution >= 0.6 is 0 Å². The number of aromatic nitrogens is 2. The number of carbonyl (C=O) groups excluding carboxylic acids is 1. The zero-order valence-corrected chi connectivity index (χ0v) is 14.5. The van der Waals surface area contributed by atoms with Crippen molar-refractivity contribution in [1.82, 2.24) is 9.55 Å². The fourth-order valence-corrected chi connectivity index (χ4v) is 3.04. The van der Waals surface area contributed by atoms with Crippen molar-refractivity contribution in [2.45, 2.75) is 40.2 Å². The summed E-state index contributed by atoms with van der Waals surface area (Å²) < 4.78 is 2.14. The minimum Gasteiger partial charge on any atom is -0.336 e. The van der Waals surface area contributed by atoms with E-state index in [1.54, 1.807) is 6.20 Å². The monoisotopic (exact) mass is 321 g/mol. The molecule has 0 aliphatic heterocycles. The van der Waals surface area contributed by atoms with Crippen LogP contribution in [0.3, 0.4) is 0 Å². The van der Waals surface area contributed by atoms with E-state index in [-0.39, 0.29) is 5.91 Å². The number of aryl methyl sites for hydroxylation is 3. The molecule has 1 N–H and O–H groups in total. The standard InChI is InChI=1S/C20H23N3O/c1-4-5-12-23-17-9-7-6-8-16(17)15(3)19(23)20(24)22-18-11-10-14(2)13-21-18/h6-11,13H,4-5,12H2,1-3H3,(H,21,22,24). The van der Waals surface area contributed by atoms with E-state index in [9.17, 15) is 4.79 Å². The molecular weight excluding hydrogens is 298 g/mol. The topological polar surface area (TPSA) is 46.9 Å². The maximum absolute atomic E-state index is 12.9. The van der Waals surface area contributed by atoms with Crippen molar-refractivity contribution in [2.24, 2.45) is 0 Å². The first-order valence-electron chi connectivity index (χ1n) is 8.43. The summed E-state index contributed by atoms with van der Waals surface area (Å²) in [6.07, 6.45) is 3.89. The molecule has 0 aliphatic carbocycles. The number of unbranched alkanes of at least 4 members (excludes halogenated alkanes) is 1. The minimum absolute atomic E-state index is 0.101. The molecule has 3 aromatic rings. The molecular formula is C20H23N3O. The van der Waals surface area contributed by atoms with E-state index in [2.05, 4.69) is 33.9 Å². The number of nitrogens with one attached hydrogen (secondary N) is 1. The molecule has 2 heterocycles. The van der Waals surface area contributed by atoms with Gasteiger partial charge in [0.1, 0.15) is 11.5 Å². The average Bonchev–Trinajstić information content (AvgIpc) is 2.88. The van der Waals surface area contributed by atoms with E-state index in [1.807, 2.05) is 38.1 Å². The molecule has 4 nitrogen and oxygen atoms in total. The summed E-state index contributed by atoms with van der Waals surface area (Å²) in [5.41, 5.74) is 3.94. The van der Waals surface area contributed by atoms with Crippen LogP contribution in [0, 0.1) is 13.8 Å². The Labute approximate surface area is 142 Å². The lowest BCUT2D eigenvalue weighted by molar-refractivity contribution is 0.101. The summed E-state index contributed by atoms with van der Waals surface area (Å²) in [7, 11) is 0.